The van der Waals surface area contributed by atoms with E-state index >= 15 is 0 Å². The van der Waals surface area contributed by atoms with Gasteiger partial charge in [-0.3, -0.25) is 4.90 Å². The predicted molar refractivity (Wildman–Crippen MR) is 60.0 cm³/mol. The van der Waals surface area contributed by atoms with Crippen LogP contribution < -0.4 is 0 Å². The van der Waals surface area contributed by atoms with Crippen molar-refractivity contribution in [3.63, 3.8) is 0 Å². The molecule has 1 fully saturated rings. The minimum absolute atomic E-state index is 0.230. The first kappa shape index (κ1) is 11.0. The molecule has 2 nitrogen and oxygen atoms in total. The number of benzene rings is 1. The number of hydrogen-bond acceptors (Lipinski definition) is 2. The molecule has 4 heteroatoms. The molecule has 0 aromatic heterocycles. The molecule has 1 N–H and O–H groups in total. The SMILES string of the molecule is CC1(O)CN(Cc2cc(F)cc(Br)c2)C1. The van der Waals surface area contributed by atoms with Gasteiger partial charge < -0.3 is 5.11 Å². The average molecular weight is 274 g/mol. The fraction of sp³-hybridized carbons (Fsp3) is 0.455. The Morgan fingerprint density at radius 2 is 2.13 bits per heavy atom. The number of hydrogen-bond donors (Lipinski definition) is 1. The summed E-state index contributed by atoms with van der Waals surface area (Å²) < 4.78 is 13.8. The van der Waals surface area contributed by atoms with E-state index in [0.717, 1.165) is 10.0 Å². The van der Waals surface area contributed by atoms with Crippen LogP contribution in [0, 0.1) is 5.82 Å². The lowest BCUT2D eigenvalue weighted by Gasteiger charge is -2.44. The van der Waals surface area contributed by atoms with E-state index in [0.29, 0.717) is 19.6 Å². The summed E-state index contributed by atoms with van der Waals surface area (Å²) in [5, 5.41) is 9.55. The first-order valence-corrected chi connectivity index (χ1v) is 5.64. The lowest BCUT2D eigenvalue weighted by molar-refractivity contribution is -0.0871. The number of aliphatic hydroxyl groups is 1. The molecule has 1 aliphatic rings. The smallest absolute Gasteiger partial charge is 0.124 e. The Morgan fingerprint density at radius 3 is 2.67 bits per heavy atom. The number of halogens is 2. The van der Waals surface area contributed by atoms with Crippen molar-refractivity contribution in [2.75, 3.05) is 13.1 Å². The summed E-state index contributed by atoms with van der Waals surface area (Å²) in [4.78, 5) is 2.08. The molecule has 82 valence electrons. The Morgan fingerprint density at radius 1 is 1.47 bits per heavy atom. The summed E-state index contributed by atoms with van der Waals surface area (Å²) in [6.45, 7) is 3.81. The van der Waals surface area contributed by atoms with Gasteiger partial charge in [-0.1, -0.05) is 15.9 Å². The minimum atomic E-state index is -0.565. The molecular weight excluding hydrogens is 261 g/mol. The van der Waals surface area contributed by atoms with Crippen LogP contribution >= 0.6 is 15.9 Å². The third kappa shape index (κ3) is 2.77. The normalized spacial score (nSPS) is 20.0. The Kier molecular flexibility index (Phi) is 2.83. The molecule has 0 saturated carbocycles. The lowest BCUT2D eigenvalue weighted by Crippen LogP contribution is -2.59. The van der Waals surface area contributed by atoms with Gasteiger partial charge in [0, 0.05) is 24.1 Å². The van der Waals surface area contributed by atoms with E-state index in [9.17, 15) is 9.50 Å². The van der Waals surface area contributed by atoms with Crippen LogP contribution in [0.15, 0.2) is 22.7 Å². The molecular formula is C11H13BrFNO. The Balaban J connectivity index is 2.00. The van der Waals surface area contributed by atoms with Gasteiger partial charge in [0.05, 0.1) is 5.60 Å². The van der Waals surface area contributed by atoms with Crippen molar-refractivity contribution >= 4 is 15.9 Å². The van der Waals surface area contributed by atoms with Gasteiger partial charge in [-0.05, 0) is 30.7 Å². The maximum absolute atomic E-state index is 13.1. The first-order valence-electron chi connectivity index (χ1n) is 4.84. The molecule has 0 unspecified atom stereocenters. The highest BCUT2D eigenvalue weighted by Crippen LogP contribution is 2.23. The molecule has 0 radical (unpaired) electrons. The summed E-state index contributed by atoms with van der Waals surface area (Å²) in [6, 6.07) is 4.86. The van der Waals surface area contributed by atoms with E-state index in [2.05, 4.69) is 20.8 Å². The maximum atomic E-state index is 13.1. The van der Waals surface area contributed by atoms with Gasteiger partial charge in [-0.25, -0.2) is 4.39 Å². The van der Waals surface area contributed by atoms with Crippen molar-refractivity contribution in [1.82, 2.24) is 4.90 Å². The van der Waals surface area contributed by atoms with Crippen LogP contribution in [0.1, 0.15) is 12.5 Å². The summed E-state index contributed by atoms with van der Waals surface area (Å²) in [6.07, 6.45) is 0. The molecule has 0 spiro atoms. The van der Waals surface area contributed by atoms with Gasteiger partial charge in [0.2, 0.25) is 0 Å². The van der Waals surface area contributed by atoms with Gasteiger partial charge >= 0.3 is 0 Å². The van der Waals surface area contributed by atoms with E-state index in [1.807, 2.05) is 13.0 Å². The third-order valence-corrected chi connectivity index (χ3v) is 2.91. The van der Waals surface area contributed by atoms with Crippen molar-refractivity contribution in [3.8, 4) is 0 Å². The number of β-amino-alcohol motifs (C(OH)–C–C–N with tert-alkyl or cyclic N) is 1. The highest BCUT2D eigenvalue weighted by Gasteiger charge is 2.36. The number of nitrogens with zero attached hydrogens (tertiary/aromatic N) is 1. The first-order chi connectivity index (χ1) is 6.94. The molecule has 0 amide bonds. The highest BCUT2D eigenvalue weighted by atomic mass is 79.9. The van der Waals surface area contributed by atoms with Crippen LogP contribution in [0.2, 0.25) is 0 Å². The quantitative estimate of drug-likeness (QED) is 0.893. The zero-order valence-electron chi connectivity index (χ0n) is 8.50. The highest BCUT2D eigenvalue weighted by molar-refractivity contribution is 9.10. The molecule has 1 aromatic carbocycles. The summed E-state index contributed by atoms with van der Waals surface area (Å²) >= 11 is 3.26. The summed E-state index contributed by atoms with van der Waals surface area (Å²) in [7, 11) is 0. The fourth-order valence-corrected chi connectivity index (χ4v) is 2.50. The molecule has 1 heterocycles. The van der Waals surface area contributed by atoms with Gasteiger partial charge in [0.25, 0.3) is 0 Å². The predicted octanol–water partition coefficient (Wildman–Crippen LogP) is 2.15. The zero-order valence-corrected chi connectivity index (χ0v) is 10.1. The molecule has 1 aliphatic heterocycles. The third-order valence-electron chi connectivity index (χ3n) is 2.46. The van der Waals surface area contributed by atoms with Crippen molar-refractivity contribution in [2.45, 2.75) is 19.1 Å². The Labute approximate surface area is 96.8 Å². The van der Waals surface area contributed by atoms with Crippen molar-refractivity contribution in [2.24, 2.45) is 0 Å². The van der Waals surface area contributed by atoms with Crippen LogP contribution in [0.4, 0.5) is 4.39 Å². The molecule has 2 rings (SSSR count). The molecule has 0 atom stereocenters. The maximum Gasteiger partial charge on any atom is 0.124 e. The van der Waals surface area contributed by atoms with E-state index < -0.39 is 5.60 Å². The Bertz CT molecular complexity index is 353. The van der Waals surface area contributed by atoms with E-state index in [4.69, 9.17) is 0 Å². The number of likely N-dealkylation sites (tertiary alicyclic amines) is 1. The van der Waals surface area contributed by atoms with Gasteiger partial charge in [-0.15, -0.1) is 0 Å². The zero-order chi connectivity index (χ0) is 11.1. The van der Waals surface area contributed by atoms with Gasteiger partial charge in [0.15, 0.2) is 0 Å². The summed E-state index contributed by atoms with van der Waals surface area (Å²) in [5.41, 5.74) is 0.363. The molecule has 0 aliphatic carbocycles. The van der Waals surface area contributed by atoms with Crippen LogP contribution in [-0.2, 0) is 6.54 Å². The lowest BCUT2D eigenvalue weighted by atomic mass is 9.96. The second-order valence-electron chi connectivity index (χ2n) is 4.42. The molecule has 1 aromatic rings. The van der Waals surface area contributed by atoms with Crippen molar-refractivity contribution in [3.05, 3.63) is 34.1 Å². The van der Waals surface area contributed by atoms with Crippen LogP contribution in [0.3, 0.4) is 0 Å². The summed E-state index contributed by atoms with van der Waals surface area (Å²) in [5.74, 6) is -0.230. The Hall–Kier alpha value is -0.450. The van der Waals surface area contributed by atoms with Crippen LogP contribution in [0.25, 0.3) is 0 Å². The van der Waals surface area contributed by atoms with Crippen LogP contribution in [0.5, 0.6) is 0 Å². The standard InChI is InChI=1S/C11H13BrFNO/c1-11(15)6-14(7-11)5-8-2-9(12)4-10(13)3-8/h2-4,15H,5-7H2,1H3. The largest absolute Gasteiger partial charge is 0.388 e. The topological polar surface area (TPSA) is 23.5 Å². The monoisotopic (exact) mass is 273 g/mol. The number of rotatable bonds is 2. The molecule has 1 saturated heterocycles. The minimum Gasteiger partial charge on any atom is -0.388 e. The molecule has 15 heavy (non-hydrogen) atoms. The van der Waals surface area contributed by atoms with Gasteiger partial charge in [-0.2, -0.15) is 0 Å². The van der Waals surface area contributed by atoms with Gasteiger partial charge in [0.1, 0.15) is 5.82 Å². The second kappa shape index (κ2) is 3.85. The average Bonchev–Trinajstić information content (AvgIpc) is 1.97. The fourth-order valence-electron chi connectivity index (χ4n) is 1.99. The second-order valence-corrected chi connectivity index (χ2v) is 5.34. The van der Waals surface area contributed by atoms with Crippen LogP contribution in [-0.4, -0.2) is 28.7 Å². The van der Waals surface area contributed by atoms with E-state index in [1.54, 1.807) is 0 Å². The molecule has 0 bridgehead atoms. The van der Waals surface area contributed by atoms with E-state index in [-0.39, 0.29) is 5.82 Å². The van der Waals surface area contributed by atoms with Crippen molar-refractivity contribution in [1.29, 1.82) is 0 Å². The van der Waals surface area contributed by atoms with E-state index in [1.165, 1.54) is 12.1 Å². The van der Waals surface area contributed by atoms with Crippen molar-refractivity contribution < 1.29 is 9.50 Å².